The second kappa shape index (κ2) is 10.0. The standard InChI is InChI=1S/C30H25Cl2N3/c1-21-27(23-6-5-7-25(32)18-23)19-28(22-10-12-24(31)13-11-22)29(20-33)30(21)35-16-14-34(15-17-35)26-8-3-2-4-9-26/h2-13,18-19H,14-17H2,1H3. The van der Waals surface area contributed by atoms with Crippen molar-refractivity contribution in [3.8, 4) is 28.3 Å². The minimum Gasteiger partial charge on any atom is -0.368 e. The molecule has 0 saturated carbocycles. The molecule has 35 heavy (non-hydrogen) atoms. The number of nitrogens with zero attached hydrogens (tertiary/aromatic N) is 3. The highest BCUT2D eigenvalue weighted by Gasteiger charge is 2.25. The van der Waals surface area contributed by atoms with Crippen LogP contribution in [0.15, 0.2) is 84.9 Å². The second-order valence-corrected chi connectivity index (χ2v) is 9.63. The largest absolute Gasteiger partial charge is 0.368 e. The minimum atomic E-state index is 0.673. The summed E-state index contributed by atoms with van der Waals surface area (Å²) in [7, 11) is 0. The number of piperazine rings is 1. The summed E-state index contributed by atoms with van der Waals surface area (Å²) < 4.78 is 0. The van der Waals surface area contributed by atoms with Crippen LogP contribution in [0.2, 0.25) is 10.0 Å². The SMILES string of the molecule is Cc1c(-c2cccc(Cl)c2)cc(-c2ccc(Cl)cc2)c(C#N)c1N1CCN(c2ccccc2)CC1. The van der Waals surface area contributed by atoms with Crippen molar-refractivity contribution in [3.05, 3.63) is 106 Å². The van der Waals surface area contributed by atoms with E-state index in [0.717, 1.165) is 59.7 Å². The zero-order valence-corrected chi connectivity index (χ0v) is 21.0. The van der Waals surface area contributed by atoms with Crippen molar-refractivity contribution in [2.45, 2.75) is 6.92 Å². The maximum absolute atomic E-state index is 10.4. The average Bonchev–Trinajstić information content (AvgIpc) is 2.89. The van der Waals surface area contributed by atoms with Gasteiger partial charge in [-0.3, -0.25) is 0 Å². The number of anilines is 2. The Morgan fingerprint density at radius 3 is 2.03 bits per heavy atom. The van der Waals surface area contributed by atoms with E-state index in [0.29, 0.717) is 15.6 Å². The predicted molar refractivity (Wildman–Crippen MR) is 148 cm³/mol. The first-order valence-corrected chi connectivity index (χ1v) is 12.5. The van der Waals surface area contributed by atoms with Gasteiger partial charge < -0.3 is 9.80 Å². The van der Waals surface area contributed by atoms with Crippen LogP contribution < -0.4 is 9.80 Å². The van der Waals surface area contributed by atoms with Crippen molar-refractivity contribution >= 4 is 34.6 Å². The van der Waals surface area contributed by atoms with Gasteiger partial charge in [0.2, 0.25) is 0 Å². The van der Waals surface area contributed by atoms with Gasteiger partial charge in [-0.25, -0.2) is 0 Å². The summed E-state index contributed by atoms with van der Waals surface area (Å²) in [5.41, 5.74) is 8.03. The first-order valence-electron chi connectivity index (χ1n) is 11.7. The van der Waals surface area contributed by atoms with E-state index in [-0.39, 0.29) is 0 Å². The van der Waals surface area contributed by atoms with Crippen LogP contribution in [0.1, 0.15) is 11.1 Å². The quantitative estimate of drug-likeness (QED) is 0.287. The van der Waals surface area contributed by atoms with Gasteiger partial charge in [-0.05, 0) is 71.6 Å². The number of benzene rings is 4. The normalized spacial score (nSPS) is 13.5. The molecule has 174 valence electrons. The number of hydrogen-bond donors (Lipinski definition) is 0. The van der Waals surface area contributed by atoms with Gasteiger partial charge in [-0.2, -0.15) is 5.26 Å². The monoisotopic (exact) mass is 497 g/mol. The first-order chi connectivity index (χ1) is 17.0. The molecule has 0 spiro atoms. The average molecular weight is 498 g/mol. The Kier molecular flexibility index (Phi) is 6.68. The molecule has 1 aliphatic rings. The maximum atomic E-state index is 10.4. The Balaban J connectivity index is 1.62. The van der Waals surface area contributed by atoms with Gasteiger partial charge in [0.15, 0.2) is 0 Å². The van der Waals surface area contributed by atoms with Gasteiger partial charge >= 0.3 is 0 Å². The molecule has 3 nitrogen and oxygen atoms in total. The van der Waals surface area contributed by atoms with E-state index in [1.165, 1.54) is 5.69 Å². The summed E-state index contributed by atoms with van der Waals surface area (Å²) in [4.78, 5) is 4.76. The third-order valence-electron chi connectivity index (χ3n) is 6.67. The molecule has 0 aromatic heterocycles. The summed E-state index contributed by atoms with van der Waals surface area (Å²) in [6, 6.07) is 30.8. The van der Waals surface area contributed by atoms with E-state index < -0.39 is 0 Å². The summed E-state index contributed by atoms with van der Waals surface area (Å²) >= 11 is 12.5. The zero-order chi connectivity index (χ0) is 24.4. The van der Waals surface area contributed by atoms with Crippen LogP contribution in [0.3, 0.4) is 0 Å². The third kappa shape index (κ3) is 4.73. The number of nitriles is 1. The lowest BCUT2D eigenvalue weighted by Gasteiger charge is -2.39. The summed E-state index contributed by atoms with van der Waals surface area (Å²) in [6.45, 7) is 5.58. The number of halogens is 2. The molecule has 1 fully saturated rings. The van der Waals surface area contributed by atoms with Gasteiger partial charge in [0.25, 0.3) is 0 Å². The smallest absolute Gasteiger partial charge is 0.102 e. The Hall–Kier alpha value is -3.45. The van der Waals surface area contributed by atoms with E-state index in [2.05, 4.69) is 59.2 Å². The van der Waals surface area contributed by atoms with Crippen molar-refractivity contribution in [1.82, 2.24) is 0 Å². The predicted octanol–water partition coefficient (Wildman–Crippen LogP) is 7.83. The molecule has 1 aliphatic heterocycles. The van der Waals surface area contributed by atoms with Crippen LogP contribution in [0.4, 0.5) is 11.4 Å². The molecule has 5 rings (SSSR count). The van der Waals surface area contributed by atoms with Gasteiger partial charge in [0.1, 0.15) is 6.07 Å². The highest BCUT2D eigenvalue weighted by Crippen LogP contribution is 2.41. The molecular formula is C30H25Cl2N3. The molecule has 0 unspecified atom stereocenters. The van der Waals surface area contributed by atoms with E-state index in [1.54, 1.807) is 0 Å². The molecule has 4 aromatic carbocycles. The van der Waals surface area contributed by atoms with Gasteiger partial charge in [-0.15, -0.1) is 0 Å². The van der Waals surface area contributed by atoms with Crippen LogP contribution in [0.5, 0.6) is 0 Å². The lowest BCUT2D eigenvalue weighted by atomic mass is 9.89. The van der Waals surface area contributed by atoms with Gasteiger partial charge in [0.05, 0.1) is 11.3 Å². The van der Waals surface area contributed by atoms with Crippen LogP contribution in [0, 0.1) is 18.3 Å². The molecule has 0 aliphatic carbocycles. The summed E-state index contributed by atoms with van der Waals surface area (Å²) in [6.07, 6.45) is 0. The fourth-order valence-corrected chi connectivity index (χ4v) is 5.23. The summed E-state index contributed by atoms with van der Waals surface area (Å²) in [5, 5.41) is 11.7. The molecule has 0 bridgehead atoms. The lowest BCUT2D eigenvalue weighted by Crippen LogP contribution is -2.47. The molecule has 0 radical (unpaired) electrons. The van der Waals surface area contributed by atoms with E-state index >= 15 is 0 Å². The Morgan fingerprint density at radius 2 is 1.37 bits per heavy atom. The van der Waals surface area contributed by atoms with Crippen LogP contribution in [0.25, 0.3) is 22.3 Å². The van der Waals surface area contributed by atoms with Crippen LogP contribution in [-0.4, -0.2) is 26.2 Å². The maximum Gasteiger partial charge on any atom is 0.102 e. The molecule has 0 atom stereocenters. The lowest BCUT2D eigenvalue weighted by molar-refractivity contribution is 0.652. The van der Waals surface area contributed by atoms with Crippen LogP contribution in [-0.2, 0) is 0 Å². The molecule has 0 N–H and O–H groups in total. The molecule has 1 saturated heterocycles. The van der Waals surface area contributed by atoms with Gasteiger partial charge in [0, 0.05) is 47.5 Å². The van der Waals surface area contributed by atoms with Crippen molar-refractivity contribution in [1.29, 1.82) is 5.26 Å². The number of hydrogen-bond acceptors (Lipinski definition) is 3. The van der Waals surface area contributed by atoms with Crippen molar-refractivity contribution in [2.75, 3.05) is 36.0 Å². The van der Waals surface area contributed by atoms with Crippen molar-refractivity contribution < 1.29 is 0 Å². The first kappa shape index (κ1) is 23.3. The highest BCUT2D eigenvalue weighted by atomic mass is 35.5. The van der Waals surface area contributed by atoms with E-state index in [9.17, 15) is 5.26 Å². The molecular weight excluding hydrogens is 473 g/mol. The zero-order valence-electron chi connectivity index (χ0n) is 19.5. The Bertz CT molecular complexity index is 1380. The second-order valence-electron chi connectivity index (χ2n) is 8.76. The number of para-hydroxylation sites is 1. The van der Waals surface area contributed by atoms with Crippen molar-refractivity contribution in [2.24, 2.45) is 0 Å². The summed E-state index contributed by atoms with van der Waals surface area (Å²) in [5.74, 6) is 0. The highest BCUT2D eigenvalue weighted by molar-refractivity contribution is 6.31. The molecule has 4 aromatic rings. The Labute approximate surface area is 216 Å². The molecule has 5 heteroatoms. The minimum absolute atomic E-state index is 0.673. The van der Waals surface area contributed by atoms with E-state index in [1.807, 2.05) is 48.5 Å². The van der Waals surface area contributed by atoms with Crippen molar-refractivity contribution in [3.63, 3.8) is 0 Å². The Morgan fingerprint density at radius 1 is 0.686 bits per heavy atom. The topological polar surface area (TPSA) is 30.3 Å². The fraction of sp³-hybridized carbons (Fsp3) is 0.167. The number of rotatable bonds is 4. The molecule has 0 amide bonds. The van der Waals surface area contributed by atoms with E-state index in [4.69, 9.17) is 23.2 Å². The fourth-order valence-electron chi connectivity index (χ4n) is 4.92. The van der Waals surface area contributed by atoms with Crippen LogP contribution >= 0.6 is 23.2 Å². The third-order valence-corrected chi connectivity index (χ3v) is 7.16. The van der Waals surface area contributed by atoms with Gasteiger partial charge in [-0.1, -0.05) is 65.7 Å². The molecule has 1 heterocycles.